The highest BCUT2D eigenvalue weighted by molar-refractivity contribution is 7.89. The first kappa shape index (κ1) is 14.3. The Morgan fingerprint density at radius 2 is 1.94 bits per heavy atom. The van der Waals surface area contributed by atoms with E-state index in [-0.39, 0.29) is 17.8 Å². The summed E-state index contributed by atoms with van der Waals surface area (Å²) in [6.45, 7) is 3.22. The van der Waals surface area contributed by atoms with Gasteiger partial charge < -0.3 is 5.32 Å². The summed E-state index contributed by atoms with van der Waals surface area (Å²) >= 11 is 0. The number of rotatable bonds is 4. The lowest BCUT2D eigenvalue weighted by Gasteiger charge is -2.18. The van der Waals surface area contributed by atoms with E-state index in [9.17, 15) is 8.42 Å². The van der Waals surface area contributed by atoms with Crippen molar-refractivity contribution in [3.8, 4) is 0 Å². The van der Waals surface area contributed by atoms with Crippen LogP contribution >= 0.6 is 0 Å². The van der Waals surface area contributed by atoms with Crippen LogP contribution in [0.1, 0.15) is 51.9 Å². The highest BCUT2D eigenvalue weighted by atomic mass is 32.2. The molecule has 0 radical (unpaired) electrons. The van der Waals surface area contributed by atoms with Gasteiger partial charge in [0.05, 0.1) is 5.75 Å². The summed E-state index contributed by atoms with van der Waals surface area (Å²) in [6.07, 6.45) is 7.62. The van der Waals surface area contributed by atoms with E-state index in [1.54, 1.807) is 0 Å². The number of nitrogens with one attached hydrogen (secondary N) is 2. The van der Waals surface area contributed by atoms with Crippen LogP contribution in [0, 0.1) is 5.92 Å². The lowest BCUT2D eigenvalue weighted by Crippen LogP contribution is -2.41. The largest absolute Gasteiger partial charge is 0.313 e. The van der Waals surface area contributed by atoms with Gasteiger partial charge in [0, 0.05) is 12.1 Å². The maximum atomic E-state index is 12.1. The van der Waals surface area contributed by atoms with E-state index >= 15 is 0 Å². The zero-order valence-electron chi connectivity index (χ0n) is 11.3. The topological polar surface area (TPSA) is 58.2 Å². The van der Waals surface area contributed by atoms with Crippen molar-refractivity contribution >= 4 is 10.0 Å². The fraction of sp³-hybridized carbons (Fsp3) is 1.00. The Bertz CT molecular complexity index is 350. The SMILES string of the molecule is CC1CCCC(NS(=O)(=O)CC2CCCN2)CC1. The average molecular weight is 274 g/mol. The first-order valence-electron chi connectivity index (χ1n) is 7.28. The van der Waals surface area contributed by atoms with E-state index in [0.29, 0.717) is 0 Å². The van der Waals surface area contributed by atoms with Crippen molar-refractivity contribution in [2.45, 2.75) is 64.0 Å². The minimum absolute atomic E-state index is 0.159. The summed E-state index contributed by atoms with van der Waals surface area (Å²) in [5, 5.41) is 3.25. The third-order valence-corrected chi connectivity index (χ3v) is 5.72. The summed E-state index contributed by atoms with van der Waals surface area (Å²) in [5.74, 6) is 0.995. The van der Waals surface area contributed by atoms with E-state index in [1.165, 1.54) is 6.42 Å². The van der Waals surface area contributed by atoms with Gasteiger partial charge in [0.2, 0.25) is 10.0 Å². The van der Waals surface area contributed by atoms with Gasteiger partial charge in [-0.1, -0.05) is 19.8 Å². The average Bonchev–Trinajstić information content (AvgIpc) is 2.69. The molecule has 1 aliphatic heterocycles. The minimum Gasteiger partial charge on any atom is -0.313 e. The molecule has 4 nitrogen and oxygen atoms in total. The molecule has 0 amide bonds. The second kappa shape index (κ2) is 6.35. The van der Waals surface area contributed by atoms with E-state index in [4.69, 9.17) is 0 Å². The fourth-order valence-corrected chi connectivity index (χ4v) is 4.72. The lowest BCUT2D eigenvalue weighted by atomic mass is 10.0. The van der Waals surface area contributed by atoms with Crippen molar-refractivity contribution < 1.29 is 8.42 Å². The van der Waals surface area contributed by atoms with Crippen LogP contribution in [0.15, 0.2) is 0 Å². The quantitative estimate of drug-likeness (QED) is 0.766. The highest BCUT2D eigenvalue weighted by Gasteiger charge is 2.25. The third-order valence-electron chi connectivity index (χ3n) is 4.19. The van der Waals surface area contributed by atoms with Crippen LogP contribution in [0.25, 0.3) is 0 Å². The molecule has 2 fully saturated rings. The van der Waals surface area contributed by atoms with Crippen molar-refractivity contribution in [2.75, 3.05) is 12.3 Å². The maximum absolute atomic E-state index is 12.1. The first-order chi connectivity index (χ1) is 8.55. The summed E-state index contributed by atoms with van der Waals surface area (Å²) in [5.41, 5.74) is 0. The van der Waals surface area contributed by atoms with E-state index in [1.807, 2.05) is 0 Å². The predicted octanol–water partition coefficient (Wildman–Crippen LogP) is 1.63. The van der Waals surface area contributed by atoms with Gasteiger partial charge >= 0.3 is 0 Å². The van der Waals surface area contributed by atoms with E-state index in [0.717, 1.165) is 51.0 Å². The van der Waals surface area contributed by atoms with Crippen LogP contribution in [0.2, 0.25) is 0 Å². The Kier molecular flexibility index (Phi) is 5.04. The zero-order valence-corrected chi connectivity index (χ0v) is 12.1. The van der Waals surface area contributed by atoms with E-state index in [2.05, 4.69) is 17.0 Å². The molecule has 106 valence electrons. The smallest absolute Gasteiger partial charge is 0.213 e. The second-order valence-electron chi connectivity index (χ2n) is 6.00. The Labute approximate surface area is 111 Å². The first-order valence-corrected chi connectivity index (χ1v) is 8.94. The van der Waals surface area contributed by atoms with Crippen molar-refractivity contribution in [1.29, 1.82) is 0 Å². The van der Waals surface area contributed by atoms with Crippen molar-refractivity contribution in [3.63, 3.8) is 0 Å². The van der Waals surface area contributed by atoms with Crippen molar-refractivity contribution in [2.24, 2.45) is 5.92 Å². The Morgan fingerprint density at radius 1 is 1.11 bits per heavy atom. The number of hydrogen-bond acceptors (Lipinski definition) is 3. The highest BCUT2D eigenvalue weighted by Crippen LogP contribution is 2.23. The van der Waals surface area contributed by atoms with Crippen LogP contribution in [0.4, 0.5) is 0 Å². The molecule has 18 heavy (non-hydrogen) atoms. The van der Waals surface area contributed by atoms with Gasteiger partial charge in [-0.25, -0.2) is 13.1 Å². The molecule has 3 atom stereocenters. The molecule has 1 saturated heterocycles. The van der Waals surface area contributed by atoms with Crippen LogP contribution in [0.5, 0.6) is 0 Å². The van der Waals surface area contributed by atoms with Gasteiger partial charge in [0.1, 0.15) is 0 Å². The number of hydrogen-bond donors (Lipinski definition) is 2. The van der Waals surface area contributed by atoms with Gasteiger partial charge in [0.25, 0.3) is 0 Å². The summed E-state index contributed by atoms with van der Waals surface area (Å²) in [6, 6.07) is 0.327. The zero-order chi connectivity index (χ0) is 13.0. The molecule has 1 aliphatic carbocycles. The number of sulfonamides is 1. The summed E-state index contributed by atoms with van der Waals surface area (Å²) in [7, 11) is -3.11. The normalized spacial score (nSPS) is 34.4. The molecule has 3 unspecified atom stereocenters. The van der Waals surface area contributed by atoms with Gasteiger partial charge in [-0.05, 0) is 44.6 Å². The van der Waals surface area contributed by atoms with Crippen LogP contribution in [-0.4, -0.2) is 32.8 Å². The van der Waals surface area contributed by atoms with Crippen LogP contribution in [-0.2, 0) is 10.0 Å². The molecule has 1 heterocycles. The molecule has 0 aromatic rings. The summed E-state index contributed by atoms with van der Waals surface area (Å²) in [4.78, 5) is 0. The Balaban J connectivity index is 1.82. The second-order valence-corrected chi connectivity index (χ2v) is 7.80. The van der Waals surface area contributed by atoms with Crippen LogP contribution in [0.3, 0.4) is 0 Å². The minimum atomic E-state index is -3.11. The predicted molar refractivity (Wildman–Crippen MR) is 74.0 cm³/mol. The monoisotopic (exact) mass is 274 g/mol. The Morgan fingerprint density at radius 3 is 2.67 bits per heavy atom. The molecule has 2 aliphatic rings. The molecule has 0 spiro atoms. The van der Waals surface area contributed by atoms with Gasteiger partial charge in [-0.2, -0.15) is 0 Å². The molecule has 0 aromatic carbocycles. The fourth-order valence-electron chi connectivity index (χ4n) is 3.07. The van der Waals surface area contributed by atoms with E-state index < -0.39 is 10.0 Å². The lowest BCUT2D eigenvalue weighted by molar-refractivity contribution is 0.482. The molecule has 0 aromatic heterocycles. The van der Waals surface area contributed by atoms with Gasteiger partial charge in [-0.15, -0.1) is 0 Å². The molecule has 2 rings (SSSR count). The molecular weight excluding hydrogens is 248 g/mol. The summed E-state index contributed by atoms with van der Waals surface area (Å²) < 4.78 is 27.1. The van der Waals surface area contributed by atoms with Crippen molar-refractivity contribution in [1.82, 2.24) is 10.0 Å². The van der Waals surface area contributed by atoms with Gasteiger partial charge in [0.15, 0.2) is 0 Å². The van der Waals surface area contributed by atoms with Crippen LogP contribution < -0.4 is 10.0 Å². The third kappa shape index (κ3) is 4.52. The molecular formula is C13H26N2O2S. The maximum Gasteiger partial charge on any atom is 0.213 e. The molecule has 0 bridgehead atoms. The molecule has 1 saturated carbocycles. The molecule has 5 heteroatoms. The standard InChI is InChI=1S/C13H26N2O2S/c1-11-4-2-5-12(8-7-11)15-18(16,17)10-13-6-3-9-14-13/h11-15H,2-10H2,1H3. The Hall–Kier alpha value is -0.130. The molecule has 2 N–H and O–H groups in total. The van der Waals surface area contributed by atoms with Gasteiger partial charge in [-0.3, -0.25) is 0 Å². The van der Waals surface area contributed by atoms with Crippen molar-refractivity contribution in [3.05, 3.63) is 0 Å².